The van der Waals surface area contributed by atoms with Gasteiger partial charge >= 0.3 is 0 Å². The van der Waals surface area contributed by atoms with Gasteiger partial charge in [0.1, 0.15) is 5.75 Å². The van der Waals surface area contributed by atoms with E-state index < -0.39 is 12.1 Å². The van der Waals surface area contributed by atoms with E-state index in [1.807, 2.05) is 13.8 Å². The molecule has 0 aliphatic rings. The van der Waals surface area contributed by atoms with Crippen LogP contribution in [0.1, 0.15) is 25.8 Å². The predicted molar refractivity (Wildman–Crippen MR) is 90.1 cm³/mol. The van der Waals surface area contributed by atoms with E-state index in [0.717, 1.165) is 12.0 Å². The van der Waals surface area contributed by atoms with E-state index in [1.165, 1.54) is 0 Å². The Morgan fingerprint density at radius 2 is 1.87 bits per heavy atom. The second-order valence-corrected chi connectivity index (χ2v) is 5.80. The summed E-state index contributed by atoms with van der Waals surface area (Å²) >= 11 is 0. The molecule has 0 aromatic heterocycles. The van der Waals surface area contributed by atoms with Gasteiger partial charge in [-0.1, -0.05) is 32.4 Å². The summed E-state index contributed by atoms with van der Waals surface area (Å²) in [6.07, 6.45) is 1.26. The summed E-state index contributed by atoms with van der Waals surface area (Å²) in [6, 6.07) is 5.59. The number of ketones is 1. The van der Waals surface area contributed by atoms with Gasteiger partial charge in [-0.05, 0) is 30.0 Å². The van der Waals surface area contributed by atoms with Crippen molar-refractivity contribution in [3.63, 3.8) is 0 Å². The van der Waals surface area contributed by atoms with Gasteiger partial charge in [-0.15, -0.1) is 0 Å². The van der Waals surface area contributed by atoms with Crippen molar-refractivity contribution in [3.05, 3.63) is 29.8 Å². The molecule has 0 saturated heterocycles. The van der Waals surface area contributed by atoms with Crippen molar-refractivity contribution in [3.8, 4) is 5.75 Å². The third kappa shape index (κ3) is 6.00. The van der Waals surface area contributed by atoms with Gasteiger partial charge in [-0.3, -0.25) is 14.9 Å². The Labute approximate surface area is 137 Å². The van der Waals surface area contributed by atoms with Crippen molar-refractivity contribution in [1.82, 2.24) is 10.6 Å². The summed E-state index contributed by atoms with van der Waals surface area (Å²) in [4.78, 5) is 24.1. The molecule has 0 bridgehead atoms. The Morgan fingerprint density at radius 1 is 1.26 bits per heavy atom. The van der Waals surface area contributed by atoms with Crippen molar-refractivity contribution in [1.29, 1.82) is 0 Å². The zero-order valence-corrected chi connectivity index (χ0v) is 14.0. The van der Waals surface area contributed by atoms with Crippen LogP contribution in [0.2, 0.25) is 0 Å². The molecule has 23 heavy (non-hydrogen) atoms. The first-order valence-corrected chi connectivity index (χ1v) is 7.90. The summed E-state index contributed by atoms with van der Waals surface area (Å²) in [5.74, 6) is -0.00490. The summed E-state index contributed by atoms with van der Waals surface area (Å²) in [7, 11) is 1.56. The molecule has 0 heterocycles. The van der Waals surface area contributed by atoms with Crippen LogP contribution in [-0.2, 0) is 16.0 Å². The number of Topliss-reactive ketones (excluding diaryl/α,β-unsaturated/α-hetero) is 1. The lowest BCUT2D eigenvalue weighted by molar-refractivity contribution is -0.123. The number of carbonyl (C=O) groups excluding carboxylic acids is 2. The minimum atomic E-state index is -0.530. The lowest BCUT2D eigenvalue weighted by atomic mass is 9.96. The number of nitrogens with one attached hydrogen (secondary N) is 2. The van der Waals surface area contributed by atoms with Crippen molar-refractivity contribution >= 4 is 11.7 Å². The van der Waals surface area contributed by atoms with Crippen molar-refractivity contribution in [2.45, 2.75) is 38.8 Å². The minimum absolute atomic E-state index is 0.0572. The average molecular weight is 321 g/mol. The standard InChI is InChI=1S/C17H27N3O3/c1-4-11(2)16(18)15(22)10-20-14(17(23)19-3)9-12-5-7-13(21)8-6-12/h5-8,11,14,16,20-21H,4,9-10,18H2,1-3H3,(H,19,23)/t11?,14-,16-/m0/s1. The van der Waals surface area contributed by atoms with Crippen LogP contribution in [0.15, 0.2) is 24.3 Å². The van der Waals surface area contributed by atoms with Crippen molar-refractivity contribution in [2.24, 2.45) is 11.7 Å². The number of phenolic OH excluding ortho intramolecular Hbond substituents is 1. The van der Waals surface area contributed by atoms with E-state index in [1.54, 1.807) is 31.3 Å². The molecule has 6 heteroatoms. The van der Waals surface area contributed by atoms with Crippen LogP contribution in [0.5, 0.6) is 5.75 Å². The number of phenols is 1. The molecule has 1 rings (SSSR count). The first-order chi connectivity index (χ1) is 10.9. The summed E-state index contributed by atoms with van der Waals surface area (Å²) in [5.41, 5.74) is 6.81. The summed E-state index contributed by atoms with van der Waals surface area (Å²) < 4.78 is 0. The maximum atomic E-state index is 12.1. The quantitative estimate of drug-likeness (QED) is 0.533. The number of aromatic hydroxyl groups is 1. The Bertz CT molecular complexity index is 516. The van der Waals surface area contributed by atoms with Crippen LogP contribution in [0, 0.1) is 5.92 Å². The first-order valence-electron chi connectivity index (χ1n) is 7.90. The van der Waals surface area contributed by atoms with Crippen LogP contribution in [-0.4, -0.2) is 42.5 Å². The molecule has 5 N–H and O–H groups in total. The van der Waals surface area contributed by atoms with Crippen LogP contribution < -0.4 is 16.4 Å². The molecule has 1 unspecified atom stereocenters. The number of hydrogen-bond donors (Lipinski definition) is 4. The Morgan fingerprint density at radius 3 is 2.39 bits per heavy atom. The van der Waals surface area contributed by atoms with Crippen molar-refractivity contribution in [2.75, 3.05) is 13.6 Å². The first kappa shape index (κ1) is 19.1. The molecular formula is C17H27N3O3. The highest BCUT2D eigenvalue weighted by molar-refractivity contribution is 5.87. The highest BCUT2D eigenvalue weighted by Crippen LogP contribution is 2.11. The zero-order chi connectivity index (χ0) is 17.4. The molecule has 128 valence electrons. The molecule has 1 amide bonds. The van der Waals surface area contributed by atoms with Gasteiger partial charge in [-0.25, -0.2) is 0 Å². The summed E-state index contributed by atoms with van der Waals surface area (Å²) in [5, 5.41) is 14.9. The predicted octanol–water partition coefficient (Wildman–Crippen LogP) is 0.581. The van der Waals surface area contributed by atoms with E-state index in [9.17, 15) is 14.7 Å². The molecule has 1 aromatic rings. The van der Waals surface area contributed by atoms with Gasteiger partial charge in [0, 0.05) is 7.05 Å². The highest BCUT2D eigenvalue weighted by Gasteiger charge is 2.23. The molecule has 0 saturated carbocycles. The number of carbonyl (C=O) groups is 2. The SMILES string of the molecule is CCC(C)[C@H](N)C(=O)CN[C@@H](Cc1ccc(O)cc1)C(=O)NC. The zero-order valence-electron chi connectivity index (χ0n) is 14.0. The van der Waals surface area contributed by atoms with E-state index in [0.29, 0.717) is 6.42 Å². The number of likely N-dealkylation sites (N-methyl/N-ethyl adjacent to an activating group) is 1. The minimum Gasteiger partial charge on any atom is -0.508 e. The third-order valence-corrected chi connectivity index (χ3v) is 4.09. The monoisotopic (exact) mass is 321 g/mol. The number of amides is 1. The maximum absolute atomic E-state index is 12.1. The van der Waals surface area contributed by atoms with Gasteiger partial charge in [0.15, 0.2) is 5.78 Å². The topological polar surface area (TPSA) is 104 Å². The fourth-order valence-electron chi connectivity index (χ4n) is 2.21. The number of rotatable bonds is 9. The number of nitrogens with two attached hydrogens (primary N) is 1. The molecule has 6 nitrogen and oxygen atoms in total. The van der Waals surface area contributed by atoms with Gasteiger partial charge in [0.25, 0.3) is 0 Å². The van der Waals surface area contributed by atoms with Gasteiger partial charge in [0.05, 0.1) is 18.6 Å². The summed E-state index contributed by atoms with van der Waals surface area (Å²) in [6.45, 7) is 3.99. The fourth-order valence-corrected chi connectivity index (χ4v) is 2.21. The van der Waals surface area contributed by atoms with E-state index in [2.05, 4.69) is 10.6 Å². The maximum Gasteiger partial charge on any atom is 0.237 e. The van der Waals surface area contributed by atoms with Gasteiger partial charge < -0.3 is 16.2 Å². The lowest BCUT2D eigenvalue weighted by Gasteiger charge is -2.20. The number of hydrogen-bond acceptors (Lipinski definition) is 5. The molecule has 0 aliphatic carbocycles. The Balaban J connectivity index is 2.66. The van der Waals surface area contributed by atoms with Gasteiger partial charge in [-0.2, -0.15) is 0 Å². The lowest BCUT2D eigenvalue weighted by Crippen LogP contribution is -2.49. The average Bonchev–Trinajstić information content (AvgIpc) is 2.57. The molecule has 0 aliphatic heterocycles. The van der Waals surface area contributed by atoms with E-state index in [-0.39, 0.29) is 29.9 Å². The fraction of sp³-hybridized carbons (Fsp3) is 0.529. The second-order valence-electron chi connectivity index (χ2n) is 5.80. The van der Waals surface area contributed by atoms with Crippen LogP contribution in [0.4, 0.5) is 0 Å². The Kier molecular flexibility index (Phi) is 7.71. The largest absolute Gasteiger partial charge is 0.508 e. The third-order valence-electron chi connectivity index (χ3n) is 4.09. The van der Waals surface area contributed by atoms with Gasteiger partial charge in [0.2, 0.25) is 5.91 Å². The smallest absolute Gasteiger partial charge is 0.237 e. The molecule has 1 aromatic carbocycles. The molecular weight excluding hydrogens is 294 g/mol. The number of benzene rings is 1. The van der Waals surface area contributed by atoms with Crippen LogP contribution in [0.25, 0.3) is 0 Å². The van der Waals surface area contributed by atoms with E-state index in [4.69, 9.17) is 5.73 Å². The molecule has 0 radical (unpaired) electrons. The molecule has 0 spiro atoms. The Hall–Kier alpha value is -1.92. The molecule has 3 atom stereocenters. The normalized spacial score (nSPS) is 14.8. The molecule has 0 fully saturated rings. The van der Waals surface area contributed by atoms with Crippen LogP contribution in [0.3, 0.4) is 0 Å². The van der Waals surface area contributed by atoms with Crippen LogP contribution >= 0.6 is 0 Å². The van der Waals surface area contributed by atoms with E-state index >= 15 is 0 Å². The highest BCUT2D eigenvalue weighted by atomic mass is 16.3. The second kappa shape index (κ2) is 9.27. The van der Waals surface area contributed by atoms with Crippen molar-refractivity contribution < 1.29 is 14.7 Å².